The van der Waals surface area contributed by atoms with E-state index in [1.807, 2.05) is 31.2 Å². The number of aryl methyl sites for hydroxylation is 1. The Hall–Kier alpha value is -1.29. The highest BCUT2D eigenvalue weighted by atomic mass is 32.2. The maximum Gasteiger partial charge on any atom is 0.184 e. The second kappa shape index (κ2) is 7.48. The monoisotopic (exact) mass is 291 g/mol. The molecule has 0 aromatic heterocycles. The molecule has 0 aliphatic heterocycles. The van der Waals surface area contributed by atoms with Crippen molar-refractivity contribution >= 4 is 23.3 Å². The van der Waals surface area contributed by atoms with Crippen molar-refractivity contribution < 1.29 is 10.0 Å². The molecular formula is C16H21NO2S. The maximum atomic E-state index is 12.3. The number of oxime groups is 1. The number of rotatable bonds is 5. The molecule has 1 aromatic carbocycles. The minimum Gasteiger partial charge on any atom is -0.411 e. The Morgan fingerprint density at radius 2 is 1.90 bits per heavy atom. The summed E-state index contributed by atoms with van der Waals surface area (Å²) in [6.07, 6.45) is 5.31. The van der Waals surface area contributed by atoms with E-state index >= 15 is 0 Å². The van der Waals surface area contributed by atoms with Crippen molar-refractivity contribution in [1.82, 2.24) is 0 Å². The second-order valence-corrected chi connectivity index (χ2v) is 6.40. The zero-order valence-electron chi connectivity index (χ0n) is 11.8. The molecule has 1 N–H and O–H groups in total. The summed E-state index contributed by atoms with van der Waals surface area (Å²) in [5.74, 6) is 0.537. The molecule has 108 valence electrons. The highest BCUT2D eigenvalue weighted by Gasteiger charge is 2.25. The Labute approximate surface area is 124 Å². The topological polar surface area (TPSA) is 49.7 Å². The third-order valence-electron chi connectivity index (χ3n) is 3.78. The standard InChI is InChI=1S/C16H21NO2S/c1-12-7-9-14(10-8-12)20-11-15(17-19)16(18)13-5-3-2-4-6-13/h7-10,13,19H,2-6,11H2,1H3/b17-15-. The van der Waals surface area contributed by atoms with Crippen LogP contribution >= 0.6 is 11.8 Å². The lowest BCUT2D eigenvalue weighted by Gasteiger charge is -2.20. The van der Waals surface area contributed by atoms with Gasteiger partial charge < -0.3 is 5.21 Å². The fourth-order valence-corrected chi connectivity index (χ4v) is 3.37. The van der Waals surface area contributed by atoms with E-state index in [4.69, 9.17) is 5.21 Å². The molecule has 1 aromatic rings. The van der Waals surface area contributed by atoms with E-state index in [0.29, 0.717) is 11.5 Å². The zero-order chi connectivity index (χ0) is 14.4. The van der Waals surface area contributed by atoms with Crippen LogP contribution in [0.3, 0.4) is 0 Å². The van der Waals surface area contributed by atoms with Crippen LogP contribution in [0.15, 0.2) is 34.3 Å². The number of ketones is 1. The van der Waals surface area contributed by atoms with Crippen LogP contribution in [-0.2, 0) is 4.79 Å². The summed E-state index contributed by atoms with van der Waals surface area (Å²) in [6, 6.07) is 8.14. The fourth-order valence-electron chi connectivity index (χ4n) is 2.54. The van der Waals surface area contributed by atoms with Gasteiger partial charge in [0, 0.05) is 16.6 Å². The second-order valence-electron chi connectivity index (χ2n) is 5.35. The van der Waals surface area contributed by atoms with Crippen molar-refractivity contribution in [1.29, 1.82) is 0 Å². The van der Waals surface area contributed by atoms with Gasteiger partial charge in [0.1, 0.15) is 5.71 Å². The van der Waals surface area contributed by atoms with Gasteiger partial charge >= 0.3 is 0 Å². The van der Waals surface area contributed by atoms with Crippen LogP contribution < -0.4 is 0 Å². The number of Topliss-reactive ketones (excluding diaryl/α,β-unsaturated/α-hetero) is 1. The lowest BCUT2D eigenvalue weighted by atomic mass is 9.85. The largest absolute Gasteiger partial charge is 0.411 e. The number of carbonyl (C=O) groups is 1. The molecule has 1 saturated carbocycles. The zero-order valence-corrected chi connectivity index (χ0v) is 12.7. The number of hydrogen-bond donors (Lipinski definition) is 1. The third kappa shape index (κ3) is 4.10. The maximum absolute atomic E-state index is 12.3. The van der Waals surface area contributed by atoms with Gasteiger partial charge in [0.2, 0.25) is 0 Å². The number of hydrogen-bond acceptors (Lipinski definition) is 4. The van der Waals surface area contributed by atoms with E-state index < -0.39 is 0 Å². The van der Waals surface area contributed by atoms with Gasteiger partial charge in [-0.2, -0.15) is 0 Å². The Balaban J connectivity index is 1.91. The molecule has 1 aliphatic rings. The van der Waals surface area contributed by atoms with Crippen LogP contribution in [0, 0.1) is 12.8 Å². The SMILES string of the molecule is Cc1ccc(SC/C(=N/O)C(=O)C2CCCCC2)cc1. The van der Waals surface area contributed by atoms with Crippen LogP contribution in [0.1, 0.15) is 37.7 Å². The summed E-state index contributed by atoms with van der Waals surface area (Å²) in [7, 11) is 0. The first-order valence-corrected chi connectivity index (χ1v) is 8.14. The highest BCUT2D eigenvalue weighted by Crippen LogP contribution is 2.26. The fraction of sp³-hybridized carbons (Fsp3) is 0.500. The van der Waals surface area contributed by atoms with Crippen molar-refractivity contribution in [2.75, 3.05) is 5.75 Å². The molecule has 0 amide bonds. The molecule has 0 bridgehead atoms. The number of thioether (sulfide) groups is 1. The van der Waals surface area contributed by atoms with Crippen LogP contribution in [0.4, 0.5) is 0 Å². The van der Waals surface area contributed by atoms with Crippen molar-refractivity contribution in [3.8, 4) is 0 Å². The van der Waals surface area contributed by atoms with Gasteiger partial charge in [0.25, 0.3) is 0 Å². The van der Waals surface area contributed by atoms with E-state index in [0.717, 1.165) is 30.6 Å². The Bertz CT molecular complexity index is 476. The molecule has 0 radical (unpaired) electrons. The minimum absolute atomic E-state index is 0.0341. The van der Waals surface area contributed by atoms with Gasteiger partial charge in [-0.3, -0.25) is 4.79 Å². The highest BCUT2D eigenvalue weighted by molar-refractivity contribution is 8.00. The summed E-state index contributed by atoms with van der Waals surface area (Å²) >= 11 is 1.54. The average molecular weight is 291 g/mol. The van der Waals surface area contributed by atoms with Gasteiger partial charge in [-0.25, -0.2) is 0 Å². The molecule has 20 heavy (non-hydrogen) atoms. The van der Waals surface area contributed by atoms with Crippen molar-refractivity contribution in [3.63, 3.8) is 0 Å². The third-order valence-corrected chi connectivity index (χ3v) is 4.80. The molecule has 0 unspecified atom stereocenters. The van der Waals surface area contributed by atoms with Crippen LogP contribution in [0.25, 0.3) is 0 Å². The van der Waals surface area contributed by atoms with Crippen molar-refractivity contribution in [2.45, 2.75) is 43.9 Å². The van der Waals surface area contributed by atoms with Crippen LogP contribution in [0.2, 0.25) is 0 Å². The smallest absolute Gasteiger partial charge is 0.184 e. The summed E-state index contributed by atoms with van der Waals surface area (Å²) < 4.78 is 0. The Morgan fingerprint density at radius 1 is 1.25 bits per heavy atom. The molecule has 4 heteroatoms. The Morgan fingerprint density at radius 3 is 2.50 bits per heavy atom. The average Bonchev–Trinajstić information content (AvgIpc) is 2.50. The summed E-state index contributed by atoms with van der Waals surface area (Å²) in [6.45, 7) is 2.04. The van der Waals surface area contributed by atoms with Crippen molar-refractivity contribution in [2.24, 2.45) is 11.1 Å². The molecule has 0 atom stereocenters. The molecule has 0 spiro atoms. The number of benzene rings is 1. The van der Waals surface area contributed by atoms with Gasteiger partial charge in [0.05, 0.1) is 0 Å². The van der Waals surface area contributed by atoms with E-state index in [-0.39, 0.29) is 11.7 Å². The quantitative estimate of drug-likeness (QED) is 0.385. The van der Waals surface area contributed by atoms with E-state index in [2.05, 4.69) is 5.16 Å². The summed E-state index contributed by atoms with van der Waals surface area (Å²) in [5.41, 5.74) is 1.52. The Kier molecular flexibility index (Phi) is 5.65. The minimum atomic E-state index is 0.0341. The molecule has 1 aliphatic carbocycles. The number of nitrogens with zero attached hydrogens (tertiary/aromatic N) is 1. The van der Waals surface area contributed by atoms with Crippen LogP contribution in [-0.4, -0.2) is 22.5 Å². The van der Waals surface area contributed by atoms with Crippen molar-refractivity contribution in [3.05, 3.63) is 29.8 Å². The molecule has 3 nitrogen and oxygen atoms in total. The molecule has 1 fully saturated rings. The summed E-state index contributed by atoms with van der Waals surface area (Å²) in [4.78, 5) is 13.4. The first kappa shape index (κ1) is 15.1. The van der Waals surface area contributed by atoms with E-state index in [1.54, 1.807) is 11.8 Å². The first-order valence-electron chi connectivity index (χ1n) is 7.15. The predicted octanol–water partition coefficient (Wildman–Crippen LogP) is 4.07. The lowest BCUT2D eigenvalue weighted by Crippen LogP contribution is -2.27. The van der Waals surface area contributed by atoms with E-state index in [9.17, 15) is 4.79 Å². The van der Waals surface area contributed by atoms with Crippen LogP contribution in [0.5, 0.6) is 0 Å². The predicted molar refractivity (Wildman–Crippen MR) is 82.7 cm³/mol. The summed E-state index contributed by atoms with van der Waals surface area (Å²) in [5, 5.41) is 12.3. The van der Waals surface area contributed by atoms with E-state index in [1.165, 1.54) is 12.0 Å². The molecule has 0 heterocycles. The van der Waals surface area contributed by atoms with Gasteiger partial charge in [-0.1, -0.05) is 42.1 Å². The normalized spacial score (nSPS) is 17.1. The van der Waals surface area contributed by atoms with Gasteiger partial charge in [-0.05, 0) is 31.9 Å². The molecule has 0 saturated heterocycles. The van der Waals surface area contributed by atoms with Gasteiger partial charge in [-0.15, -0.1) is 11.8 Å². The lowest BCUT2D eigenvalue weighted by molar-refractivity contribution is -0.117. The number of carbonyl (C=O) groups excluding carboxylic acids is 1. The molecular weight excluding hydrogens is 270 g/mol. The first-order chi connectivity index (χ1) is 9.70. The molecule has 2 rings (SSSR count). The van der Waals surface area contributed by atoms with Gasteiger partial charge in [0.15, 0.2) is 5.78 Å².